The maximum atomic E-state index is 11.7. The maximum Gasteiger partial charge on any atom is 0.339 e. The number of methoxy groups -OCH3 is 2. The fraction of sp³-hybridized carbons (Fsp3) is 0.500. The van der Waals surface area contributed by atoms with Gasteiger partial charge in [-0.2, -0.15) is 0 Å². The quantitative estimate of drug-likeness (QED) is 0.207. The number of esters is 2. The number of hydrogen-bond donors (Lipinski definition) is 1. The van der Waals surface area contributed by atoms with Crippen LogP contribution in [0.25, 0.3) is 0 Å². The highest BCUT2D eigenvalue weighted by molar-refractivity contribution is 6.30. The molecule has 2 unspecified atom stereocenters. The van der Waals surface area contributed by atoms with Gasteiger partial charge in [0.05, 0.1) is 27.4 Å². The molecule has 8 heteroatoms. The molecule has 0 saturated carbocycles. The molecule has 7 nitrogen and oxygen atoms in total. The summed E-state index contributed by atoms with van der Waals surface area (Å²) in [7, 11) is 3.15. The van der Waals surface area contributed by atoms with Gasteiger partial charge in [-0.3, -0.25) is 4.79 Å². The molecule has 2 atom stereocenters. The number of benzene rings is 2. The fourth-order valence-corrected chi connectivity index (χ4v) is 3.26. The van der Waals surface area contributed by atoms with Crippen LogP contribution < -0.4 is 9.47 Å². The topological polar surface area (TPSA) is 91.3 Å². The van der Waals surface area contributed by atoms with Crippen LogP contribution in [-0.2, 0) is 19.1 Å². The summed E-state index contributed by atoms with van der Waals surface area (Å²) >= 11 is 6.09. The Morgan fingerprint density at radius 1 is 0.806 bits per heavy atom. The Hall–Kier alpha value is -2.77. The van der Waals surface area contributed by atoms with Gasteiger partial charge in [0.1, 0.15) is 11.5 Å². The molecule has 0 aliphatic carbocycles. The van der Waals surface area contributed by atoms with Gasteiger partial charge in [-0.05, 0) is 61.1 Å². The Morgan fingerprint density at radius 3 is 1.72 bits per heavy atom. The van der Waals surface area contributed by atoms with Gasteiger partial charge in [0.2, 0.25) is 0 Å². The van der Waals surface area contributed by atoms with Crippen molar-refractivity contribution < 1.29 is 33.6 Å². The second-order valence-corrected chi connectivity index (χ2v) is 8.70. The Morgan fingerprint density at radius 2 is 1.25 bits per heavy atom. The number of aliphatic hydroxyl groups excluding tert-OH is 1. The molecule has 200 valence electrons. The predicted octanol–water partition coefficient (Wildman–Crippen LogP) is 6.01. The number of unbranched alkanes of at least 4 members (excludes halogenated alkanes) is 2. The van der Waals surface area contributed by atoms with Crippen LogP contribution >= 0.6 is 11.6 Å². The minimum absolute atomic E-state index is 0.343. The summed E-state index contributed by atoms with van der Waals surface area (Å²) in [6.45, 7) is 8.64. The number of rotatable bonds is 12. The van der Waals surface area contributed by atoms with E-state index in [4.69, 9.17) is 30.5 Å². The molecule has 0 amide bonds. The number of halogens is 1. The molecule has 0 fully saturated rings. The number of ether oxygens (including phenoxy) is 4. The lowest BCUT2D eigenvalue weighted by Gasteiger charge is -2.13. The van der Waals surface area contributed by atoms with Crippen molar-refractivity contribution in [3.05, 3.63) is 58.7 Å². The van der Waals surface area contributed by atoms with Gasteiger partial charge in [0, 0.05) is 0 Å². The summed E-state index contributed by atoms with van der Waals surface area (Å²) in [6.07, 6.45) is 2.33. The number of carbonyl (C=O) groups is 2. The lowest BCUT2D eigenvalue weighted by molar-refractivity contribution is -0.154. The van der Waals surface area contributed by atoms with E-state index in [2.05, 4.69) is 0 Å². The molecule has 2 rings (SSSR count). The largest absolute Gasteiger partial charge is 0.496 e. The van der Waals surface area contributed by atoms with Crippen LogP contribution in [0.4, 0.5) is 0 Å². The zero-order valence-corrected chi connectivity index (χ0v) is 22.9. The zero-order chi connectivity index (χ0) is 27.1. The van der Waals surface area contributed by atoms with E-state index in [1.807, 2.05) is 39.8 Å². The molecule has 0 spiro atoms. The lowest BCUT2D eigenvalue weighted by Crippen LogP contribution is -2.16. The summed E-state index contributed by atoms with van der Waals surface area (Å²) in [5, 5.41) is 9.09. The smallest absolute Gasteiger partial charge is 0.339 e. The fourth-order valence-electron chi connectivity index (χ4n) is 3.06. The highest BCUT2D eigenvalue weighted by Crippen LogP contribution is 2.28. The van der Waals surface area contributed by atoms with Crippen LogP contribution in [-0.4, -0.2) is 44.5 Å². The van der Waals surface area contributed by atoms with E-state index in [0.29, 0.717) is 30.1 Å². The minimum Gasteiger partial charge on any atom is -0.496 e. The van der Waals surface area contributed by atoms with Gasteiger partial charge in [-0.15, -0.1) is 11.6 Å². The Bertz CT molecular complexity index is 883. The summed E-state index contributed by atoms with van der Waals surface area (Å²) in [4.78, 5) is 23.3. The summed E-state index contributed by atoms with van der Waals surface area (Å²) in [5.41, 5.74) is 3.14. The Balaban J connectivity index is 0.000000360. The minimum atomic E-state index is -1.25. The van der Waals surface area contributed by atoms with E-state index in [1.165, 1.54) is 0 Å². The van der Waals surface area contributed by atoms with Crippen LogP contribution in [0.2, 0.25) is 0 Å². The van der Waals surface area contributed by atoms with Gasteiger partial charge in [0.15, 0.2) is 11.5 Å². The number of aryl methyl sites for hydroxylation is 2. The normalized spacial score (nSPS) is 12.0. The van der Waals surface area contributed by atoms with Crippen LogP contribution in [0.15, 0.2) is 36.4 Å². The van der Waals surface area contributed by atoms with Crippen LogP contribution in [0.3, 0.4) is 0 Å². The highest BCUT2D eigenvalue weighted by atomic mass is 35.5. The lowest BCUT2D eigenvalue weighted by atomic mass is 10.1. The first-order chi connectivity index (χ1) is 17.2. The predicted molar refractivity (Wildman–Crippen MR) is 141 cm³/mol. The van der Waals surface area contributed by atoms with Crippen molar-refractivity contribution in [3.63, 3.8) is 0 Å². The Labute approximate surface area is 219 Å². The maximum absolute atomic E-state index is 11.7. The Kier molecular flexibility index (Phi) is 14.6. The van der Waals surface area contributed by atoms with Gasteiger partial charge in [-0.1, -0.05) is 51.0 Å². The number of hydrogen-bond acceptors (Lipinski definition) is 7. The van der Waals surface area contributed by atoms with E-state index in [1.54, 1.807) is 38.5 Å². The third kappa shape index (κ3) is 10.1. The van der Waals surface area contributed by atoms with E-state index in [-0.39, 0.29) is 0 Å². The van der Waals surface area contributed by atoms with Crippen molar-refractivity contribution in [1.82, 2.24) is 0 Å². The van der Waals surface area contributed by atoms with Gasteiger partial charge in [0.25, 0.3) is 0 Å². The van der Waals surface area contributed by atoms with E-state index in [0.717, 1.165) is 42.6 Å². The number of carbonyl (C=O) groups excluding carboxylic acids is 2. The van der Waals surface area contributed by atoms with Crippen molar-refractivity contribution in [1.29, 1.82) is 0 Å². The molecule has 1 N–H and O–H groups in total. The van der Waals surface area contributed by atoms with E-state index in [9.17, 15) is 14.7 Å². The molecule has 36 heavy (non-hydrogen) atoms. The highest BCUT2D eigenvalue weighted by Gasteiger charge is 2.21. The summed E-state index contributed by atoms with van der Waals surface area (Å²) in [5.74, 6) is 0.345. The molecule has 2 aromatic carbocycles. The van der Waals surface area contributed by atoms with Gasteiger partial charge in [-0.25, -0.2) is 4.79 Å². The first-order valence-corrected chi connectivity index (χ1v) is 12.6. The molecule has 0 saturated heterocycles. The average Bonchev–Trinajstić information content (AvgIpc) is 2.89. The average molecular weight is 523 g/mol. The van der Waals surface area contributed by atoms with Crippen molar-refractivity contribution >= 4 is 23.5 Å². The van der Waals surface area contributed by atoms with Crippen LogP contribution in [0.5, 0.6) is 11.5 Å². The van der Waals surface area contributed by atoms with E-state index >= 15 is 0 Å². The first kappa shape index (κ1) is 31.3. The SMILES string of the molecule is CCCCOC(=O)C(Cl)c1ccc(C)c(OC)c1.CCCCOC(=O)C(O)c1ccc(C)c(OC)c1. The second kappa shape index (κ2) is 16.8. The van der Waals surface area contributed by atoms with Gasteiger partial charge >= 0.3 is 11.9 Å². The molecule has 0 heterocycles. The van der Waals surface area contributed by atoms with Crippen molar-refractivity contribution in [2.45, 2.75) is 64.9 Å². The van der Waals surface area contributed by atoms with Crippen LogP contribution in [0, 0.1) is 13.8 Å². The number of alkyl halides is 1. The molecule has 2 aromatic rings. The van der Waals surface area contributed by atoms with E-state index < -0.39 is 23.4 Å². The first-order valence-electron chi connectivity index (χ1n) is 12.1. The van der Waals surface area contributed by atoms with Gasteiger partial charge < -0.3 is 24.1 Å². The molecule has 0 bridgehead atoms. The van der Waals surface area contributed by atoms with Crippen molar-refractivity contribution in [2.24, 2.45) is 0 Å². The standard InChI is InChI=1S/C14H19ClO3.C14H20O4/c2*1-4-5-8-18-14(16)13(15)11-7-6-10(2)12(9-11)17-3/h6-7,9,13H,4-5,8H2,1-3H3;6-7,9,13,15H,4-5,8H2,1-3H3. The molecule has 0 aliphatic heterocycles. The van der Waals surface area contributed by atoms with Crippen molar-refractivity contribution in [3.8, 4) is 11.5 Å². The van der Waals surface area contributed by atoms with Crippen LogP contribution in [0.1, 0.15) is 73.3 Å². The molecule has 0 aromatic heterocycles. The third-order valence-corrected chi connectivity index (χ3v) is 5.82. The molecular weight excluding hydrogens is 484 g/mol. The molecular formula is C28H39ClO7. The molecule has 0 aliphatic rings. The second-order valence-electron chi connectivity index (χ2n) is 8.27. The zero-order valence-electron chi connectivity index (χ0n) is 22.1. The monoisotopic (exact) mass is 522 g/mol. The van der Waals surface area contributed by atoms with Crippen molar-refractivity contribution in [2.75, 3.05) is 27.4 Å². The summed E-state index contributed by atoms with van der Waals surface area (Å²) < 4.78 is 20.4. The third-order valence-electron chi connectivity index (χ3n) is 5.39. The summed E-state index contributed by atoms with van der Waals surface area (Å²) in [6, 6.07) is 10.6. The molecule has 0 radical (unpaired) electrons. The number of aliphatic hydroxyl groups is 1.